The Morgan fingerprint density at radius 2 is 1.68 bits per heavy atom. The molecule has 1 heterocycles. The van der Waals surface area contributed by atoms with Crippen LogP contribution in [0.4, 0.5) is 16.2 Å². The van der Waals surface area contributed by atoms with Crippen LogP contribution in [0.5, 0.6) is 0 Å². The van der Waals surface area contributed by atoms with Crippen LogP contribution in [0.1, 0.15) is 31.2 Å². The van der Waals surface area contributed by atoms with E-state index in [2.05, 4.69) is 28.4 Å². The van der Waals surface area contributed by atoms with E-state index < -0.39 is 0 Å². The van der Waals surface area contributed by atoms with Crippen LogP contribution in [0.15, 0.2) is 54.6 Å². The summed E-state index contributed by atoms with van der Waals surface area (Å²) >= 11 is 0. The number of hydrogen-bond donors (Lipinski definition) is 1. The molecule has 4 nitrogen and oxygen atoms in total. The van der Waals surface area contributed by atoms with Crippen LogP contribution in [0, 0.1) is 0 Å². The van der Waals surface area contributed by atoms with Gasteiger partial charge >= 0.3 is 6.03 Å². The third-order valence-corrected chi connectivity index (χ3v) is 5.04. The molecule has 25 heavy (non-hydrogen) atoms. The molecule has 0 atom stereocenters. The van der Waals surface area contributed by atoms with Crippen LogP contribution in [-0.2, 0) is 6.54 Å². The third kappa shape index (κ3) is 3.78. The van der Waals surface area contributed by atoms with Crippen LogP contribution < -0.4 is 10.2 Å². The molecular formula is C21H25N3O. The first-order valence-corrected chi connectivity index (χ1v) is 9.27. The zero-order valence-electron chi connectivity index (χ0n) is 14.5. The number of anilines is 2. The normalized spacial score (nSPS) is 16.7. The van der Waals surface area contributed by atoms with E-state index in [1.165, 1.54) is 18.4 Å². The lowest BCUT2D eigenvalue weighted by Gasteiger charge is -2.26. The first kappa shape index (κ1) is 16.0. The van der Waals surface area contributed by atoms with Gasteiger partial charge in [-0.15, -0.1) is 0 Å². The lowest BCUT2D eigenvalue weighted by Crippen LogP contribution is -2.36. The van der Waals surface area contributed by atoms with Gasteiger partial charge in [-0.3, -0.25) is 0 Å². The number of para-hydroxylation sites is 2. The van der Waals surface area contributed by atoms with Gasteiger partial charge in [-0.25, -0.2) is 4.79 Å². The number of benzene rings is 2. The van der Waals surface area contributed by atoms with Crippen molar-refractivity contribution < 1.29 is 4.79 Å². The number of carbonyl (C=O) groups is 1. The molecule has 130 valence electrons. The average molecular weight is 335 g/mol. The predicted molar refractivity (Wildman–Crippen MR) is 102 cm³/mol. The van der Waals surface area contributed by atoms with Gasteiger partial charge < -0.3 is 15.1 Å². The maximum atomic E-state index is 13.0. The molecule has 2 aromatic carbocycles. The van der Waals surface area contributed by atoms with Crippen molar-refractivity contribution in [1.29, 1.82) is 0 Å². The first-order valence-electron chi connectivity index (χ1n) is 9.27. The Morgan fingerprint density at radius 1 is 1.00 bits per heavy atom. The molecule has 2 amide bonds. The van der Waals surface area contributed by atoms with E-state index in [1.807, 2.05) is 41.3 Å². The number of nitrogens with one attached hydrogen (secondary N) is 1. The van der Waals surface area contributed by atoms with Crippen molar-refractivity contribution in [2.24, 2.45) is 0 Å². The lowest BCUT2D eigenvalue weighted by atomic mass is 10.2. The van der Waals surface area contributed by atoms with Gasteiger partial charge in [0, 0.05) is 25.7 Å². The maximum absolute atomic E-state index is 13.0. The van der Waals surface area contributed by atoms with E-state index in [-0.39, 0.29) is 6.03 Å². The predicted octanol–water partition coefficient (Wildman–Crippen LogP) is 4.48. The summed E-state index contributed by atoms with van der Waals surface area (Å²) in [5, 5.41) is 3.17. The van der Waals surface area contributed by atoms with Crippen molar-refractivity contribution in [1.82, 2.24) is 4.90 Å². The summed E-state index contributed by atoms with van der Waals surface area (Å²) in [4.78, 5) is 17.3. The fourth-order valence-corrected chi connectivity index (χ4v) is 3.53. The average Bonchev–Trinajstić information content (AvgIpc) is 3.34. The Bertz CT molecular complexity index is 721. The molecule has 1 saturated heterocycles. The van der Waals surface area contributed by atoms with E-state index in [1.54, 1.807) is 0 Å². The molecule has 0 spiro atoms. The number of rotatable bonds is 5. The highest BCUT2D eigenvalue weighted by Crippen LogP contribution is 2.32. The second-order valence-electron chi connectivity index (χ2n) is 6.99. The Hall–Kier alpha value is -2.49. The molecule has 2 aliphatic rings. The fraction of sp³-hybridized carbons (Fsp3) is 0.381. The standard InChI is InChI=1S/C21H25N3O/c25-21(24(18-12-13-18)16-17-8-2-1-3-9-17)22-19-10-4-5-11-20(19)23-14-6-7-15-23/h1-5,8-11,18H,6-7,12-16H2,(H,22,25). The van der Waals surface area contributed by atoms with Crippen LogP contribution >= 0.6 is 0 Å². The summed E-state index contributed by atoms with van der Waals surface area (Å²) in [6.07, 6.45) is 4.66. The highest BCUT2D eigenvalue weighted by atomic mass is 16.2. The summed E-state index contributed by atoms with van der Waals surface area (Å²) < 4.78 is 0. The van der Waals surface area contributed by atoms with Gasteiger partial charge in [0.15, 0.2) is 0 Å². The van der Waals surface area contributed by atoms with Crippen LogP contribution in [-0.4, -0.2) is 30.1 Å². The minimum Gasteiger partial charge on any atom is -0.370 e. The minimum atomic E-state index is 0.0120. The molecule has 1 aliphatic heterocycles. The SMILES string of the molecule is O=C(Nc1ccccc1N1CCCC1)N(Cc1ccccc1)C1CC1. The van der Waals surface area contributed by atoms with Crippen LogP contribution in [0.25, 0.3) is 0 Å². The number of hydrogen-bond acceptors (Lipinski definition) is 2. The topological polar surface area (TPSA) is 35.6 Å². The zero-order valence-corrected chi connectivity index (χ0v) is 14.5. The highest BCUT2D eigenvalue weighted by Gasteiger charge is 2.33. The highest BCUT2D eigenvalue weighted by molar-refractivity contribution is 5.93. The van der Waals surface area contributed by atoms with E-state index in [0.29, 0.717) is 12.6 Å². The summed E-state index contributed by atoms with van der Waals surface area (Å²) in [6, 6.07) is 18.8. The summed E-state index contributed by atoms with van der Waals surface area (Å²) in [7, 11) is 0. The van der Waals surface area contributed by atoms with Crippen molar-refractivity contribution in [3.63, 3.8) is 0 Å². The van der Waals surface area contributed by atoms with Gasteiger partial charge in [0.2, 0.25) is 0 Å². The zero-order chi connectivity index (χ0) is 17.1. The molecule has 0 bridgehead atoms. The number of carbonyl (C=O) groups excluding carboxylic acids is 1. The van der Waals surface area contributed by atoms with Gasteiger partial charge in [-0.05, 0) is 43.4 Å². The van der Waals surface area contributed by atoms with Crippen LogP contribution in [0.2, 0.25) is 0 Å². The molecule has 0 radical (unpaired) electrons. The Morgan fingerprint density at radius 3 is 2.40 bits per heavy atom. The molecule has 0 unspecified atom stereocenters. The molecule has 4 rings (SSSR count). The second kappa shape index (κ2) is 7.18. The summed E-state index contributed by atoms with van der Waals surface area (Å²) in [5.41, 5.74) is 3.24. The van der Waals surface area contributed by atoms with Crippen molar-refractivity contribution >= 4 is 17.4 Å². The largest absolute Gasteiger partial charge is 0.370 e. The Labute approximate surface area is 149 Å². The first-order chi connectivity index (χ1) is 12.3. The minimum absolute atomic E-state index is 0.0120. The van der Waals surface area contributed by atoms with Crippen molar-refractivity contribution in [2.75, 3.05) is 23.3 Å². The summed E-state index contributed by atoms with van der Waals surface area (Å²) in [5.74, 6) is 0. The summed E-state index contributed by atoms with van der Waals surface area (Å²) in [6.45, 7) is 2.82. The van der Waals surface area contributed by atoms with Gasteiger partial charge in [-0.2, -0.15) is 0 Å². The lowest BCUT2D eigenvalue weighted by molar-refractivity contribution is 0.206. The van der Waals surface area contributed by atoms with Crippen molar-refractivity contribution in [2.45, 2.75) is 38.3 Å². The van der Waals surface area contributed by atoms with E-state index in [4.69, 9.17) is 0 Å². The van der Waals surface area contributed by atoms with Gasteiger partial charge in [-0.1, -0.05) is 42.5 Å². The number of nitrogens with zero attached hydrogens (tertiary/aromatic N) is 2. The Kier molecular flexibility index (Phi) is 4.59. The van der Waals surface area contributed by atoms with Gasteiger partial charge in [0.1, 0.15) is 0 Å². The maximum Gasteiger partial charge on any atom is 0.322 e. The van der Waals surface area contributed by atoms with E-state index >= 15 is 0 Å². The molecule has 0 aromatic heterocycles. The molecule has 1 N–H and O–H groups in total. The fourth-order valence-electron chi connectivity index (χ4n) is 3.53. The molecule has 2 fully saturated rings. The molecule has 1 saturated carbocycles. The smallest absolute Gasteiger partial charge is 0.322 e. The molecule has 4 heteroatoms. The van der Waals surface area contributed by atoms with Crippen molar-refractivity contribution in [3.05, 3.63) is 60.2 Å². The van der Waals surface area contributed by atoms with E-state index in [9.17, 15) is 4.79 Å². The van der Waals surface area contributed by atoms with Crippen molar-refractivity contribution in [3.8, 4) is 0 Å². The molecule has 1 aliphatic carbocycles. The quantitative estimate of drug-likeness (QED) is 0.874. The monoisotopic (exact) mass is 335 g/mol. The number of urea groups is 1. The molecular weight excluding hydrogens is 310 g/mol. The second-order valence-corrected chi connectivity index (χ2v) is 6.99. The third-order valence-electron chi connectivity index (χ3n) is 5.04. The Balaban J connectivity index is 1.50. The van der Waals surface area contributed by atoms with Gasteiger partial charge in [0.05, 0.1) is 11.4 Å². The number of amides is 2. The van der Waals surface area contributed by atoms with Crippen LogP contribution in [0.3, 0.4) is 0 Å². The molecule has 2 aromatic rings. The van der Waals surface area contributed by atoms with E-state index in [0.717, 1.165) is 37.3 Å². The van der Waals surface area contributed by atoms with Gasteiger partial charge in [0.25, 0.3) is 0 Å².